The number of carbonyl (C=O) groups is 2. The predicted octanol–water partition coefficient (Wildman–Crippen LogP) is 2.72. The number of nitrogens with one attached hydrogen (secondary N) is 1. The van der Waals surface area contributed by atoms with Crippen molar-refractivity contribution >= 4 is 21.7 Å². The molecular weight excluding hydrogens is 410 g/mol. The number of carbonyl (C=O) groups excluding carboxylic acids is 2. The predicted molar refractivity (Wildman–Crippen MR) is 108 cm³/mol. The molecule has 1 aliphatic rings. The maximum absolute atomic E-state index is 12.4. The number of hydrogen-bond acceptors (Lipinski definition) is 7. The van der Waals surface area contributed by atoms with Crippen LogP contribution in [-0.2, 0) is 26.0 Å². The van der Waals surface area contributed by atoms with Crippen LogP contribution in [0, 0.1) is 5.92 Å². The molecule has 1 amide bonds. The largest absolute Gasteiger partial charge is 0.486 e. The Labute approximate surface area is 175 Å². The maximum atomic E-state index is 12.4. The van der Waals surface area contributed by atoms with E-state index in [-0.39, 0.29) is 41.1 Å². The van der Waals surface area contributed by atoms with Gasteiger partial charge in [-0.25, -0.2) is 8.42 Å². The third-order valence-electron chi connectivity index (χ3n) is 4.91. The van der Waals surface area contributed by atoms with Gasteiger partial charge in [0.2, 0.25) is 0 Å². The van der Waals surface area contributed by atoms with Gasteiger partial charge in [-0.05, 0) is 62.6 Å². The Balaban J connectivity index is 1.50. The van der Waals surface area contributed by atoms with Gasteiger partial charge in [-0.15, -0.1) is 0 Å². The normalized spacial score (nSPS) is 18.7. The van der Waals surface area contributed by atoms with Crippen molar-refractivity contribution in [2.24, 2.45) is 5.92 Å². The van der Waals surface area contributed by atoms with Gasteiger partial charge in [0.1, 0.15) is 18.1 Å². The number of amides is 1. The van der Waals surface area contributed by atoms with E-state index < -0.39 is 9.84 Å². The Kier molecular flexibility index (Phi) is 6.81. The standard InChI is InChI=1S/C21H25NO7S/c1-3-27-21(24)14-4-5-15(12-14)22-20(23)19-11-8-17(29-19)13-28-16-6-9-18(10-7-16)30(2,25)26/h6-11,14-15H,3-5,12-13H2,1-2H3,(H,22,23)/t14-,15-/m1/s1. The van der Waals surface area contributed by atoms with E-state index in [4.69, 9.17) is 13.9 Å². The minimum atomic E-state index is -3.26. The molecule has 1 aromatic carbocycles. The average molecular weight is 435 g/mol. The van der Waals surface area contributed by atoms with E-state index in [0.717, 1.165) is 12.7 Å². The highest BCUT2D eigenvalue weighted by Crippen LogP contribution is 2.27. The number of furan rings is 1. The number of sulfone groups is 1. The second kappa shape index (κ2) is 9.34. The van der Waals surface area contributed by atoms with E-state index in [9.17, 15) is 18.0 Å². The van der Waals surface area contributed by atoms with Crippen molar-refractivity contribution < 1.29 is 31.9 Å². The third kappa shape index (κ3) is 5.63. The summed E-state index contributed by atoms with van der Waals surface area (Å²) in [5.74, 6) is 0.388. The summed E-state index contributed by atoms with van der Waals surface area (Å²) in [4.78, 5) is 24.4. The van der Waals surface area contributed by atoms with Crippen LogP contribution in [0.3, 0.4) is 0 Å². The van der Waals surface area contributed by atoms with Gasteiger partial charge in [-0.1, -0.05) is 0 Å². The van der Waals surface area contributed by atoms with Crippen LogP contribution in [-0.4, -0.2) is 39.2 Å². The molecule has 3 rings (SSSR count). The second-order valence-electron chi connectivity index (χ2n) is 7.23. The molecule has 1 fully saturated rings. The first kappa shape index (κ1) is 21.9. The van der Waals surface area contributed by atoms with Crippen molar-refractivity contribution in [1.82, 2.24) is 5.32 Å². The molecule has 0 saturated heterocycles. The van der Waals surface area contributed by atoms with Crippen molar-refractivity contribution in [3.63, 3.8) is 0 Å². The first-order chi connectivity index (χ1) is 14.3. The number of benzene rings is 1. The molecule has 1 heterocycles. The summed E-state index contributed by atoms with van der Waals surface area (Å²) >= 11 is 0. The smallest absolute Gasteiger partial charge is 0.308 e. The van der Waals surface area contributed by atoms with E-state index >= 15 is 0 Å². The van der Waals surface area contributed by atoms with Gasteiger partial charge in [0, 0.05) is 12.3 Å². The van der Waals surface area contributed by atoms with Crippen molar-refractivity contribution in [3.05, 3.63) is 47.9 Å². The molecule has 0 spiro atoms. The maximum Gasteiger partial charge on any atom is 0.308 e. The fraction of sp³-hybridized carbons (Fsp3) is 0.429. The second-order valence-corrected chi connectivity index (χ2v) is 9.25. The first-order valence-electron chi connectivity index (χ1n) is 9.75. The van der Waals surface area contributed by atoms with Crippen molar-refractivity contribution in [2.45, 2.75) is 43.7 Å². The van der Waals surface area contributed by atoms with Gasteiger partial charge in [-0.3, -0.25) is 9.59 Å². The molecule has 1 aromatic heterocycles. The van der Waals surface area contributed by atoms with Crippen LogP contribution in [0.5, 0.6) is 5.75 Å². The van der Waals surface area contributed by atoms with Crippen molar-refractivity contribution in [1.29, 1.82) is 0 Å². The van der Waals surface area contributed by atoms with E-state index in [2.05, 4.69) is 5.32 Å². The number of ether oxygens (including phenoxy) is 2. The minimum absolute atomic E-state index is 0.0925. The number of esters is 1. The molecule has 0 unspecified atom stereocenters. The lowest BCUT2D eigenvalue weighted by atomic mass is 10.1. The number of hydrogen-bond donors (Lipinski definition) is 1. The molecule has 8 nitrogen and oxygen atoms in total. The highest BCUT2D eigenvalue weighted by atomic mass is 32.2. The Morgan fingerprint density at radius 3 is 2.53 bits per heavy atom. The van der Waals surface area contributed by atoms with E-state index in [0.29, 0.717) is 31.0 Å². The molecule has 1 aliphatic carbocycles. The Morgan fingerprint density at radius 2 is 1.87 bits per heavy atom. The summed E-state index contributed by atoms with van der Waals surface area (Å²) in [6.45, 7) is 2.22. The lowest BCUT2D eigenvalue weighted by Crippen LogP contribution is -2.33. The Hall–Kier alpha value is -2.81. The van der Waals surface area contributed by atoms with Gasteiger partial charge in [-0.2, -0.15) is 0 Å². The van der Waals surface area contributed by atoms with E-state index in [1.165, 1.54) is 12.1 Å². The molecule has 1 N–H and O–H groups in total. The fourth-order valence-corrected chi connectivity index (χ4v) is 3.99. The fourth-order valence-electron chi connectivity index (χ4n) is 3.36. The Morgan fingerprint density at radius 1 is 1.13 bits per heavy atom. The lowest BCUT2D eigenvalue weighted by molar-refractivity contribution is -0.147. The van der Waals surface area contributed by atoms with Crippen molar-refractivity contribution in [2.75, 3.05) is 12.9 Å². The van der Waals surface area contributed by atoms with Crippen LogP contribution in [0.25, 0.3) is 0 Å². The van der Waals surface area contributed by atoms with Crippen LogP contribution >= 0.6 is 0 Å². The van der Waals surface area contributed by atoms with E-state index in [1.54, 1.807) is 31.2 Å². The molecule has 0 bridgehead atoms. The van der Waals surface area contributed by atoms with Crippen molar-refractivity contribution in [3.8, 4) is 5.75 Å². The highest BCUT2D eigenvalue weighted by molar-refractivity contribution is 7.90. The SMILES string of the molecule is CCOC(=O)[C@@H]1CC[C@@H](NC(=O)c2ccc(COc3ccc(S(C)(=O)=O)cc3)o2)C1. The Bertz CT molecular complexity index is 995. The zero-order valence-electron chi connectivity index (χ0n) is 16.9. The van der Waals surface area contributed by atoms with Crippen LogP contribution in [0.1, 0.15) is 42.5 Å². The summed E-state index contributed by atoms with van der Waals surface area (Å²) in [5.41, 5.74) is 0. The van der Waals surface area contributed by atoms with E-state index in [1.807, 2.05) is 0 Å². The van der Waals surface area contributed by atoms with Gasteiger partial charge in [0.05, 0.1) is 17.4 Å². The molecule has 1 saturated carbocycles. The van der Waals surface area contributed by atoms with Crippen LogP contribution in [0.4, 0.5) is 0 Å². The summed E-state index contributed by atoms with van der Waals surface area (Å²) in [6.07, 6.45) is 3.11. The van der Waals surface area contributed by atoms with Crippen LogP contribution < -0.4 is 10.1 Å². The molecule has 2 aromatic rings. The van der Waals surface area contributed by atoms with Gasteiger partial charge in [0.25, 0.3) is 5.91 Å². The molecule has 0 aliphatic heterocycles. The molecular formula is C21H25NO7S. The summed E-state index contributed by atoms with van der Waals surface area (Å²) in [6, 6.07) is 9.19. The highest BCUT2D eigenvalue weighted by Gasteiger charge is 2.32. The monoisotopic (exact) mass is 435 g/mol. The molecule has 30 heavy (non-hydrogen) atoms. The average Bonchev–Trinajstić information content (AvgIpc) is 3.36. The van der Waals surface area contributed by atoms with Gasteiger partial charge in [0.15, 0.2) is 15.6 Å². The molecule has 162 valence electrons. The zero-order valence-corrected chi connectivity index (χ0v) is 17.7. The quantitative estimate of drug-likeness (QED) is 0.635. The molecule has 9 heteroatoms. The molecule has 2 atom stereocenters. The summed E-state index contributed by atoms with van der Waals surface area (Å²) in [5, 5.41) is 2.89. The van der Waals surface area contributed by atoms with Gasteiger partial charge >= 0.3 is 5.97 Å². The third-order valence-corrected chi connectivity index (χ3v) is 6.03. The lowest BCUT2D eigenvalue weighted by Gasteiger charge is -2.12. The minimum Gasteiger partial charge on any atom is -0.486 e. The zero-order chi connectivity index (χ0) is 21.7. The summed E-state index contributed by atoms with van der Waals surface area (Å²) in [7, 11) is -3.26. The van der Waals surface area contributed by atoms with Crippen LogP contribution in [0.2, 0.25) is 0 Å². The summed E-state index contributed by atoms with van der Waals surface area (Å²) < 4.78 is 39.1. The topological polar surface area (TPSA) is 112 Å². The number of rotatable bonds is 8. The van der Waals surface area contributed by atoms with Gasteiger partial charge < -0.3 is 19.2 Å². The first-order valence-corrected chi connectivity index (χ1v) is 11.6. The van der Waals surface area contributed by atoms with Crippen LogP contribution in [0.15, 0.2) is 45.7 Å². The molecule has 0 radical (unpaired) electrons.